The van der Waals surface area contributed by atoms with E-state index in [9.17, 15) is 9.18 Å². The maximum atomic E-state index is 13.8. The molecular weight excluding hydrogens is 249 g/mol. The van der Waals surface area contributed by atoms with Gasteiger partial charge >= 0.3 is 5.97 Å². The summed E-state index contributed by atoms with van der Waals surface area (Å²) >= 11 is 0. The first kappa shape index (κ1) is 12.9. The van der Waals surface area contributed by atoms with Gasteiger partial charge in [-0.1, -0.05) is 12.1 Å². The Bertz CT molecular complexity index is 613. The van der Waals surface area contributed by atoms with E-state index in [2.05, 4.69) is 5.32 Å². The zero-order chi connectivity index (χ0) is 13.8. The van der Waals surface area contributed by atoms with Crippen LogP contribution in [0.4, 0.5) is 15.8 Å². The molecule has 0 aliphatic rings. The zero-order valence-electron chi connectivity index (χ0n) is 10.2. The molecule has 0 saturated carbocycles. The SMILES string of the molecule is COc1ccc(Nc2ccccc2C(=O)O)c(F)c1. The standard InChI is InChI=1S/C14H12FNO3/c1-19-9-6-7-13(11(15)8-9)16-12-5-3-2-4-10(12)14(17)18/h2-8,16H,1H3,(H,17,18). The number of hydrogen-bond acceptors (Lipinski definition) is 3. The lowest BCUT2D eigenvalue weighted by Crippen LogP contribution is -2.03. The first-order valence-corrected chi connectivity index (χ1v) is 5.54. The quantitative estimate of drug-likeness (QED) is 0.886. The Kier molecular flexibility index (Phi) is 3.66. The molecule has 19 heavy (non-hydrogen) atoms. The number of carboxylic acid groups (broad SMARTS) is 1. The summed E-state index contributed by atoms with van der Waals surface area (Å²) < 4.78 is 18.7. The predicted molar refractivity (Wildman–Crippen MR) is 69.6 cm³/mol. The van der Waals surface area contributed by atoms with E-state index in [-0.39, 0.29) is 11.3 Å². The Morgan fingerprint density at radius 1 is 1.21 bits per heavy atom. The summed E-state index contributed by atoms with van der Waals surface area (Å²) in [5.41, 5.74) is 0.603. The number of hydrogen-bond donors (Lipinski definition) is 2. The number of halogens is 1. The molecule has 98 valence electrons. The van der Waals surface area contributed by atoms with Gasteiger partial charge in [0.1, 0.15) is 11.6 Å². The molecule has 2 aromatic rings. The number of aromatic carboxylic acids is 1. The van der Waals surface area contributed by atoms with Crippen LogP contribution < -0.4 is 10.1 Å². The van der Waals surface area contributed by atoms with E-state index in [4.69, 9.17) is 9.84 Å². The number of anilines is 2. The van der Waals surface area contributed by atoms with E-state index in [1.807, 2.05) is 0 Å². The van der Waals surface area contributed by atoms with Gasteiger partial charge in [0.25, 0.3) is 0 Å². The Morgan fingerprint density at radius 3 is 2.58 bits per heavy atom. The zero-order valence-corrected chi connectivity index (χ0v) is 10.2. The highest BCUT2D eigenvalue weighted by Crippen LogP contribution is 2.25. The van der Waals surface area contributed by atoms with E-state index in [0.29, 0.717) is 11.4 Å². The number of methoxy groups -OCH3 is 1. The van der Waals surface area contributed by atoms with Gasteiger partial charge in [-0.3, -0.25) is 0 Å². The Morgan fingerprint density at radius 2 is 1.95 bits per heavy atom. The van der Waals surface area contributed by atoms with E-state index in [0.717, 1.165) is 0 Å². The first-order valence-electron chi connectivity index (χ1n) is 5.54. The molecule has 0 unspecified atom stereocenters. The molecule has 0 spiro atoms. The average molecular weight is 261 g/mol. The fourth-order valence-electron chi connectivity index (χ4n) is 1.65. The smallest absolute Gasteiger partial charge is 0.337 e. The third-order valence-electron chi connectivity index (χ3n) is 2.60. The van der Waals surface area contributed by atoms with Crippen LogP contribution in [0.5, 0.6) is 5.75 Å². The summed E-state index contributed by atoms with van der Waals surface area (Å²) in [7, 11) is 1.45. The number of nitrogens with one attached hydrogen (secondary N) is 1. The van der Waals surface area contributed by atoms with Crippen molar-refractivity contribution in [1.82, 2.24) is 0 Å². The topological polar surface area (TPSA) is 58.6 Å². The van der Waals surface area contributed by atoms with Crippen LogP contribution in [0.3, 0.4) is 0 Å². The first-order chi connectivity index (χ1) is 9.11. The summed E-state index contributed by atoms with van der Waals surface area (Å²) in [6.07, 6.45) is 0. The molecule has 0 aromatic heterocycles. The number of para-hydroxylation sites is 1. The molecule has 0 fully saturated rings. The maximum absolute atomic E-state index is 13.8. The number of ether oxygens (including phenoxy) is 1. The van der Waals surface area contributed by atoms with Crippen LogP contribution in [-0.4, -0.2) is 18.2 Å². The second kappa shape index (κ2) is 5.39. The monoisotopic (exact) mass is 261 g/mol. The maximum Gasteiger partial charge on any atom is 0.337 e. The lowest BCUT2D eigenvalue weighted by molar-refractivity contribution is 0.0698. The minimum atomic E-state index is -1.07. The highest BCUT2D eigenvalue weighted by Gasteiger charge is 2.11. The average Bonchev–Trinajstić information content (AvgIpc) is 2.41. The van der Waals surface area contributed by atoms with Crippen molar-refractivity contribution < 1.29 is 19.0 Å². The van der Waals surface area contributed by atoms with Crippen LogP contribution in [0.2, 0.25) is 0 Å². The predicted octanol–water partition coefficient (Wildman–Crippen LogP) is 3.28. The van der Waals surface area contributed by atoms with Crippen molar-refractivity contribution >= 4 is 17.3 Å². The summed E-state index contributed by atoms with van der Waals surface area (Å²) in [6.45, 7) is 0. The van der Waals surface area contributed by atoms with Gasteiger partial charge < -0.3 is 15.2 Å². The molecule has 5 heteroatoms. The van der Waals surface area contributed by atoms with Crippen LogP contribution in [-0.2, 0) is 0 Å². The van der Waals surface area contributed by atoms with Crippen molar-refractivity contribution in [2.24, 2.45) is 0 Å². The van der Waals surface area contributed by atoms with Crippen molar-refractivity contribution in [2.75, 3.05) is 12.4 Å². The molecule has 0 heterocycles. The molecular formula is C14H12FNO3. The van der Waals surface area contributed by atoms with Gasteiger partial charge in [-0.25, -0.2) is 9.18 Å². The van der Waals surface area contributed by atoms with Crippen molar-refractivity contribution in [3.8, 4) is 5.75 Å². The van der Waals surface area contributed by atoms with E-state index in [1.165, 1.54) is 25.3 Å². The second-order valence-electron chi connectivity index (χ2n) is 3.82. The molecule has 2 aromatic carbocycles. The third-order valence-corrected chi connectivity index (χ3v) is 2.60. The van der Waals surface area contributed by atoms with Crippen LogP contribution in [0.15, 0.2) is 42.5 Å². The minimum absolute atomic E-state index is 0.0812. The van der Waals surface area contributed by atoms with Crippen molar-refractivity contribution in [1.29, 1.82) is 0 Å². The van der Waals surface area contributed by atoms with Crippen molar-refractivity contribution in [3.05, 3.63) is 53.8 Å². The lowest BCUT2D eigenvalue weighted by atomic mass is 10.1. The lowest BCUT2D eigenvalue weighted by Gasteiger charge is -2.11. The fraction of sp³-hybridized carbons (Fsp3) is 0.0714. The minimum Gasteiger partial charge on any atom is -0.497 e. The van der Waals surface area contributed by atoms with Gasteiger partial charge in [-0.15, -0.1) is 0 Å². The number of rotatable bonds is 4. The van der Waals surface area contributed by atoms with Gasteiger partial charge in [-0.05, 0) is 24.3 Å². The third kappa shape index (κ3) is 2.82. The Hall–Kier alpha value is -2.56. The fourth-order valence-corrected chi connectivity index (χ4v) is 1.65. The van der Waals surface area contributed by atoms with Gasteiger partial charge in [0.15, 0.2) is 0 Å². The molecule has 0 amide bonds. The van der Waals surface area contributed by atoms with Crippen LogP contribution >= 0.6 is 0 Å². The molecule has 4 nitrogen and oxygen atoms in total. The van der Waals surface area contributed by atoms with Gasteiger partial charge in [0, 0.05) is 6.07 Å². The molecule has 2 N–H and O–H groups in total. The van der Waals surface area contributed by atoms with Gasteiger partial charge in [0.05, 0.1) is 24.0 Å². The largest absolute Gasteiger partial charge is 0.497 e. The number of carboxylic acids is 1. The summed E-state index contributed by atoms with van der Waals surface area (Å²) in [5.74, 6) is -1.19. The van der Waals surface area contributed by atoms with E-state index < -0.39 is 11.8 Å². The molecule has 0 atom stereocenters. The van der Waals surface area contributed by atoms with E-state index in [1.54, 1.807) is 24.3 Å². The number of benzene rings is 2. The molecule has 0 radical (unpaired) electrons. The van der Waals surface area contributed by atoms with Crippen molar-refractivity contribution in [2.45, 2.75) is 0 Å². The Balaban J connectivity index is 2.34. The number of carbonyl (C=O) groups is 1. The van der Waals surface area contributed by atoms with Gasteiger partial charge in [-0.2, -0.15) is 0 Å². The van der Waals surface area contributed by atoms with Crippen molar-refractivity contribution in [3.63, 3.8) is 0 Å². The highest BCUT2D eigenvalue weighted by molar-refractivity contribution is 5.95. The molecule has 0 bridgehead atoms. The molecule has 0 saturated heterocycles. The van der Waals surface area contributed by atoms with E-state index >= 15 is 0 Å². The van der Waals surface area contributed by atoms with Crippen LogP contribution in [0, 0.1) is 5.82 Å². The normalized spacial score (nSPS) is 10.0. The summed E-state index contributed by atoms with van der Waals surface area (Å²) in [4.78, 5) is 11.0. The summed E-state index contributed by atoms with van der Waals surface area (Å²) in [5, 5.41) is 11.8. The summed E-state index contributed by atoms with van der Waals surface area (Å²) in [6, 6.07) is 10.6. The molecule has 0 aliphatic carbocycles. The molecule has 2 rings (SSSR count). The Labute approximate surface area is 109 Å². The molecule has 0 aliphatic heterocycles. The van der Waals surface area contributed by atoms with Crippen LogP contribution in [0.25, 0.3) is 0 Å². The van der Waals surface area contributed by atoms with Crippen LogP contribution in [0.1, 0.15) is 10.4 Å². The highest BCUT2D eigenvalue weighted by atomic mass is 19.1. The second-order valence-corrected chi connectivity index (χ2v) is 3.82. The van der Waals surface area contributed by atoms with Gasteiger partial charge in [0.2, 0.25) is 0 Å².